The molecule has 0 radical (unpaired) electrons. The molecule has 1 aliphatic rings. The van der Waals surface area contributed by atoms with Gasteiger partial charge < -0.3 is 14.6 Å². The Balaban J connectivity index is 2.40. The first-order chi connectivity index (χ1) is 8.76. The molecule has 1 aromatic rings. The van der Waals surface area contributed by atoms with E-state index >= 15 is 0 Å². The van der Waals surface area contributed by atoms with E-state index in [1.54, 1.807) is 0 Å². The van der Waals surface area contributed by atoms with Crippen molar-refractivity contribution in [3.63, 3.8) is 0 Å². The molecule has 0 aromatic heterocycles. The summed E-state index contributed by atoms with van der Waals surface area (Å²) in [4.78, 5) is 0. The Labute approximate surface area is 109 Å². The van der Waals surface area contributed by atoms with Gasteiger partial charge in [0.05, 0.1) is 19.3 Å². The average molecular weight is 250 g/mol. The molecule has 3 heteroatoms. The Morgan fingerprint density at radius 3 is 2.44 bits per heavy atom. The van der Waals surface area contributed by atoms with E-state index in [9.17, 15) is 5.11 Å². The highest BCUT2D eigenvalue weighted by Crippen LogP contribution is 2.37. The van der Waals surface area contributed by atoms with Gasteiger partial charge in [0.15, 0.2) is 11.5 Å². The van der Waals surface area contributed by atoms with Crippen LogP contribution in [0.25, 0.3) is 0 Å². The molecule has 0 saturated heterocycles. The van der Waals surface area contributed by atoms with Gasteiger partial charge in [-0.05, 0) is 56.4 Å². The van der Waals surface area contributed by atoms with Crippen molar-refractivity contribution in [3.05, 3.63) is 23.3 Å². The summed E-state index contributed by atoms with van der Waals surface area (Å²) in [6, 6.07) is 4.00. The van der Waals surface area contributed by atoms with Gasteiger partial charge in [-0.2, -0.15) is 0 Å². The van der Waals surface area contributed by atoms with Crippen LogP contribution in [-0.4, -0.2) is 18.3 Å². The van der Waals surface area contributed by atoms with E-state index in [1.165, 1.54) is 5.56 Å². The summed E-state index contributed by atoms with van der Waals surface area (Å²) < 4.78 is 11.2. The lowest BCUT2D eigenvalue weighted by molar-refractivity contribution is 0.166. The molecule has 2 rings (SSSR count). The number of fused-ring (bicyclic) bond motifs is 1. The third kappa shape index (κ3) is 2.78. The minimum Gasteiger partial charge on any atom is -0.490 e. The Bertz CT molecular complexity index is 401. The Morgan fingerprint density at radius 2 is 1.78 bits per heavy atom. The summed E-state index contributed by atoms with van der Waals surface area (Å²) in [5, 5.41) is 10.2. The maximum Gasteiger partial charge on any atom is 0.161 e. The molecular weight excluding hydrogens is 228 g/mol. The molecule has 100 valence electrons. The van der Waals surface area contributed by atoms with Crippen LogP contribution in [0.3, 0.4) is 0 Å². The second kappa shape index (κ2) is 6.10. The van der Waals surface area contributed by atoms with Crippen molar-refractivity contribution < 1.29 is 14.6 Å². The molecule has 1 aromatic carbocycles. The number of ether oxygens (including phenoxy) is 2. The van der Waals surface area contributed by atoms with Crippen LogP contribution in [0.4, 0.5) is 0 Å². The second-order valence-electron chi connectivity index (χ2n) is 4.63. The van der Waals surface area contributed by atoms with Crippen molar-refractivity contribution in [2.75, 3.05) is 13.2 Å². The van der Waals surface area contributed by atoms with Gasteiger partial charge in [0.1, 0.15) is 0 Å². The topological polar surface area (TPSA) is 38.7 Å². The average Bonchev–Trinajstić information content (AvgIpc) is 2.53. The van der Waals surface area contributed by atoms with E-state index in [4.69, 9.17) is 9.47 Å². The highest BCUT2D eigenvalue weighted by Gasteiger charge is 2.19. The third-order valence-corrected chi connectivity index (χ3v) is 3.34. The van der Waals surface area contributed by atoms with Crippen LogP contribution in [0.1, 0.15) is 50.3 Å². The summed E-state index contributed by atoms with van der Waals surface area (Å²) in [5.41, 5.74) is 2.21. The first-order valence-electron chi connectivity index (χ1n) is 6.86. The fraction of sp³-hybridized carbons (Fsp3) is 0.600. The smallest absolute Gasteiger partial charge is 0.161 e. The van der Waals surface area contributed by atoms with E-state index in [-0.39, 0.29) is 6.10 Å². The van der Waals surface area contributed by atoms with Gasteiger partial charge in [-0.15, -0.1) is 0 Å². The van der Waals surface area contributed by atoms with Crippen molar-refractivity contribution in [1.82, 2.24) is 0 Å². The molecule has 0 heterocycles. The summed E-state index contributed by atoms with van der Waals surface area (Å²) >= 11 is 0. The van der Waals surface area contributed by atoms with Gasteiger partial charge in [-0.25, -0.2) is 0 Å². The molecule has 0 saturated carbocycles. The molecule has 3 nitrogen and oxygen atoms in total. The molecule has 1 aliphatic carbocycles. The summed E-state index contributed by atoms with van der Waals surface area (Å²) in [5.74, 6) is 1.55. The molecule has 0 spiro atoms. The molecule has 1 unspecified atom stereocenters. The predicted octanol–water partition coefficient (Wildman–Crippen LogP) is 3.24. The maximum atomic E-state index is 10.2. The van der Waals surface area contributed by atoms with E-state index in [0.717, 1.165) is 42.7 Å². The Hall–Kier alpha value is -1.22. The van der Waals surface area contributed by atoms with Crippen LogP contribution in [0.15, 0.2) is 12.1 Å². The zero-order valence-electron chi connectivity index (χ0n) is 11.2. The predicted molar refractivity (Wildman–Crippen MR) is 71.3 cm³/mol. The molecule has 0 bridgehead atoms. The van der Waals surface area contributed by atoms with E-state index in [2.05, 4.69) is 0 Å². The van der Waals surface area contributed by atoms with E-state index < -0.39 is 0 Å². The van der Waals surface area contributed by atoms with Crippen LogP contribution in [0.2, 0.25) is 0 Å². The number of benzene rings is 1. The zero-order valence-corrected chi connectivity index (χ0v) is 11.2. The fourth-order valence-corrected chi connectivity index (χ4v) is 2.49. The SMILES string of the molecule is CCOc1cc2c(cc1OCC)C(O)CCCC2. The van der Waals surface area contributed by atoms with E-state index in [0.29, 0.717) is 13.2 Å². The summed E-state index contributed by atoms with van der Waals surface area (Å²) in [6.07, 6.45) is 3.69. The lowest BCUT2D eigenvalue weighted by Gasteiger charge is -2.17. The normalized spacial score (nSPS) is 18.9. The maximum absolute atomic E-state index is 10.2. The van der Waals surface area contributed by atoms with Crippen LogP contribution >= 0.6 is 0 Å². The number of hydrogen-bond donors (Lipinski definition) is 1. The number of aryl methyl sites for hydroxylation is 1. The first kappa shape index (κ1) is 13.2. The minimum atomic E-state index is -0.364. The number of aliphatic hydroxyl groups excluding tert-OH is 1. The largest absolute Gasteiger partial charge is 0.490 e. The van der Waals surface area contributed by atoms with Crippen LogP contribution in [0.5, 0.6) is 11.5 Å². The van der Waals surface area contributed by atoms with Crippen molar-refractivity contribution in [2.45, 2.75) is 45.6 Å². The molecule has 0 fully saturated rings. The highest BCUT2D eigenvalue weighted by molar-refractivity contribution is 5.48. The Kier molecular flexibility index (Phi) is 4.48. The fourth-order valence-electron chi connectivity index (χ4n) is 2.49. The lowest BCUT2D eigenvalue weighted by atomic mass is 10.00. The van der Waals surface area contributed by atoms with Gasteiger partial charge in [-0.3, -0.25) is 0 Å². The summed E-state index contributed by atoms with van der Waals surface area (Å²) in [6.45, 7) is 5.16. The van der Waals surface area contributed by atoms with Crippen LogP contribution in [-0.2, 0) is 6.42 Å². The van der Waals surface area contributed by atoms with Crippen molar-refractivity contribution in [2.24, 2.45) is 0 Å². The molecule has 1 atom stereocenters. The van der Waals surface area contributed by atoms with Crippen molar-refractivity contribution in [3.8, 4) is 11.5 Å². The van der Waals surface area contributed by atoms with Crippen molar-refractivity contribution >= 4 is 0 Å². The highest BCUT2D eigenvalue weighted by atomic mass is 16.5. The molecule has 0 aliphatic heterocycles. The first-order valence-corrected chi connectivity index (χ1v) is 6.86. The van der Waals surface area contributed by atoms with Crippen LogP contribution in [0, 0.1) is 0 Å². The lowest BCUT2D eigenvalue weighted by Crippen LogP contribution is -2.04. The molecule has 0 amide bonds. The number of rotatable bonds is 4. The molecule has 18 heavy (non-hydrogen) atoms. The van der Waals surface area contributed by atoms with E-state index in [1.807, 2.05) is 26.0 Å². The van der Waals surface area contributed by atoms with Gasteiger partial charge in [0, 0.05) is 0 Å². The number of aliphatic hydroxyl groups is 1. The zero-order chi connectivity index (χ0) is 13.0. The molecular formula is C15H22O3. The Morgan fingerprint density at radius 1 is 1.11 bits per heavy atom. The second-order valence-corrected chi connectivity index (χ2v) is 4.63. The minimum absolute atomic E-state index is 0.364. The monoisotopic (exact) mass is 250 g/mol. The van der Waals surface area contributed by atoms with Crippen molar-refractivity contribution in [1.29, 1.82) is 0 Å². The summed E-state index contributed by atoms with van der Waals surface area (Å²) in [7, 11) is 0. The third-order valence-electron chi connectivity index (χ3n) is 3.34. The molecule has 1 N–H and O–H groups in total. The van der Waals surface area contributed by atoms with Gasteiger partial charge in [0.25, 0.3) is 0 Å². The standard InChI is InChI=1S/C15H22O3/c1-3-17-14-9-11-7-5-6-8-13(16)12(11)10-15(14)18-4-2/h9-10,13,16H,3-8H2,1-2H3. The van der Waals surface area contributed by atoms with Crippen LogP contribution < -0.4 is 9.47 Å². The number of hydrogen-bond acceptors (Lipinski definition) is 3. The van der Waals surface area contributed by atoms with Gasteiger partial charge in [-0.1, -0.05) is 6.42 Å². The van der Waals surface area contributed by atoms with Gasteiger partial charge >= 0.3 is 0 Å². The van der Waals surface area contributed by atoms with Gasteiger partial charge in [0.2, 0.25) is 0 Å². The quantitative estimate of drug-likeness (QED) is 0.834.